The van der Waals surface area contributed by atoms with Gasteiger partial charge in [-0.05, 0) is 61.2 Å². The molecule has 0 fully saturated rings. The van der Waals surface area contributed by atoms with E-state index in [4.69, 9.17) is 16.6 Å². The van der Waals surface area contributed by atoms with Gasteiger partial charge in [-0.15, -0.1) is 11.3 Å². The zero-order chi connectivity index (χ0) is 22.8. The first-order valence-electron chi connectivity index (χ1n) is 10.3. The van der Waals surface area contributed by atoms with E-state index in [1.165, 1.54) is 6.07 Å². The Labute approximate surface area is 195 Å². The molecule has 0 spiro atoms. The molecule has 32 heavy (non-hydrogen) atoms. The molecule has 0 atom stereocenters. The van der Waals surface area contributed by atoms with E-state index in [0.29, 0.717) is 16.5 Å². The molecule has 0 bridgehead atoms. The number of anilines is 3. The van der Waals surface area contributed by atoms with Gasteiger partial charge in [0.2, 0.25) is 0 Å². The summed E-state index contributed by atoms with van der Waals surface area (Å²) in [4.78, 5) is 18.7. The Morgan fingerprint density at radius 3 is 2.59 bits per heavy atom. The third kappa shape index (κ3) is 4.13. The van der Waals surface area contributed by atoms with Crippen LogP contribution in [0.15, 0.2) is 48.0 Å². The van der Waals surface area contributed by atoms with E-state index in [1.807, 2.05) is 17.9 Å². The van der Waals surface area contributed by atoms with Gasteiger partial charge in [0.05, 0.1) is 28.8 Å². The maximum absolute atomic E-state index is 12.0. The lowest BCUT2D eigenvalue weighted by Gasteiger charge is -2.27. The molecule has 2 aromatic heterocycles. The van der Waals surface area contributed by atoms with E-state index < -0.39 is 5.97 Å². The summed E-state index contributed by atoms with van der Waals surface area (Å²) in [6.07, 6.45) is 3.36. The maximum atomic E-state index is 12.0. The quantitative estimate of drug-likeness (QED) is 0.313. The number of H-pyrrole nitrogens is 1. The second-order valence-corrected chi connectivity index (χ2v) is 8.69. The molecule has 0 aliphatic heterocycles. The van der Waals surface area contributed by atoms with Crippen molar-refractivity contribution >= 4 is 46.1 Å². The van der Waals surface area contributed by atoms with Crippen molar-refractivity contribution in [3.05, 3.63) is 75.4 Å². The van der Waals surface area contributed by atoms with Crippen LogP contribution in [0.4, 0.5) is 17.2 Å². The molecule has 164 valence electrons. The fourth-order valence-electron chi connectivity index (χ4n) is 3.70. The van der Waals surface area contributed by atoms with Crippen LogP contribution in [-0.4, -0.2) is 26.3 Å². The van der Waals surface area contributed by atoms with Gasteiger partial charge in [0.25, 0.3) is 0 Å². The largest absolute Gasteiger partial charge is 0.478 e. The molecule has 0 aliphatic carbocycles. The van der Waals surface area contributed by atoms with Crippen LogP contribution in [0, 0.1) is 6.92 Å². The summed E-state index contributed by atoms with van der Waals surface area (Å²) in [6.45, 7) is 6.23. The topological polar surface area (TPSA) is 82.1 Å². The highest BCUT2D eigenvalue weighted by molar-refractivity contribution is 7.13. The van der Waals surface area contributed by atoms with E-state index in [-0.39, 0.29) is 5.56 Å². The van der Waals surface area contributed by atoms with Crippen molar-refractivity contribution < 1.29 is 9.90 Å². The van der Waals surface area contributed by atoms with Crippen LogP contribution in [-0.2, 0) is 12.8 Å². The Hall–Kier alpha value is -3.16. The Balaban J connectivity index is 1.93. The van der Waals surface area contributed by atoms with Crippen LogP contribution in [0.1, 0.15) is 41.0 Å². The molecule has 0 unspecified atom stereocenters. The fourth-order valence-corrected chi connectivity index (χ4v) is 4.83. The molecule has 0 amide bonds. The molecule has 0 aliphatic rings. The average Bonchev–Trinajstić information content (AvgIpc) is 3.48. The number of aromatic nitrogens is 3. The van der Waals surface area contributed by atoms with Gasteiger partial charge in [-0.2, -0.15) is 5.10 Å². The molecule has 6 nitrogen and oxygen atoms in total. The van der Waals surface area contributed by atoms with Crippen molar-refractivity contribution in [2.45, 2.75) is 33.6 Å². The predicted molar refractivity (Wildman–Crippen MR) is 130 cm³/mol. The summed E-state index contributed by atoms with van der Waals surface area (Å²) in [5.41, 5.74) is 5.81. The fraction of sp³-hybridized carbons (Fsp3) is 0.208. The summed E-state index contributed by atoms with van der Waals surface area (Å²) in [7, 11) is 0. The Bertz CT molecular complexity index is 1270. The molecule has 0 radical (unpaired) electrons. The highest BCUT2D eigenvalue weighted by atomic mass is 35.5. The number of carboxylic acid groups (broad SMARTS) is 1. The molecule has 0 saturated heterocycles. The average molecular weight is 467 g/mol. The van der Waals surface area contributed by atoms with Gasteiger partial charge >= 0.3 is 5.97 Å². The van der Waals surface area contributed by atoms with E-state index in [1.54, 1.807) is 29.7 Å². The summed E-state index contributed by atoms with van der Waals surface area (Å²) < 4.78 is 0. The summed E-state index contributed by atoms with van der Waals surface area (Å²) in [5, 5.41) is 20.4. The lowest BCUT2D eigenvalue weighted by molar-refractivity contribution is 0.0697. The lowest BCUT2D eigenvalue weighted by atomic mass is 9.99. The molecule has 0 saturated carbocycles. The first kappa shape index (κ1) is 22.0. The van der Waals surface area contributed by atoms with Gasteiger partial charge in [-0.25, -0.2) is 9.78 Å². The Morgan fingerprint density at radius 1 is 1.16 bits per heavy atom. The van der Waals surface area contributed by atoms with Crippen LogP contribution in [0.2, 0.25) is 5.02 Å². The number of rotatable bonds is 7. The Kier molecular flexibility index (Phi) is 6.30. The third-order valence-corrected chi connectivity index (χ3v) is 6.50. The Morgan fingerprint density at radius 2 is 1.97 bits per heavy atom. The monoisotopic (exact) mass is 466 g/mol. The molecular formula is C24H23ClN4O2S. The highest BCUT2D eigenvalue weighted by Gasteiger charge is 2.23. The molecule has 4 rings (SSSR count). The minimum Gasteiger partial charge on any atom is -0.478 e. The number of carboxylic acids is 1. The SMILES string of the molecule is CCc1csc(-c2cc(C)c(N(c3ccn[nH]3)c3ccc(Cl)cc3C(=O)O)cc2CC)n1. The second-order valence-electron chi connectivity index (χ2n) is 7.39. The van der Waals surface area contributed by atoms with Gasteiger partial charge in [0.15, 0.2) is 0 Å². The highest BCUT2D eigenvalue weighted by Crippen LogP contribution is 2.41. The van der Waals surface area contributed by atoms with Crippen LogP contribution < -0.4 is 4.90 Å². The zero-order valence-corrected chi connectivity index (χ0v) is 19.6. The maximum Gasteiger partial charge on any atom is 0.337 e. The number of aromatic carboxylic acids is 1. The van der Waals surface area contributed by atoms with Crippen molar-refractivity contribution in [3.63, 3.8) is 0 Å². The standard InChI is InChI=1S/C24H23ClN4O2S/c1-4-15-11-21(14(3)10-18(15)23-27-17(5-2)13-32-23)29(22-8-9-26-28-22)20-7-6-16(25)12-19(20)24(30)31/h6-13H,4-5H2,1-3H3,(H,26,28)(H,30,31). The number of benzene rings is 2. The van der Waals surface area contributed by atoms with Crippen molar-refractivity contribution in [1.29, 1.82) is 0 Å². The first-order chi connectivity index (χ1) is 15.4. The normalized spacial score (nSPS) is 11.0. The van der Waals surface area contributed by atoms with Crippen LogP contribution >= 0.6 is 22.9 Å². The number of hydrogen-bond acceptors (Lipinski definition) is 5. The van der Waals surface area contributed by atoms with Gasteiger partial charge < -0.3 is 5.11 Å². The number of nitrogens with zero attached hydrogens (tertiary/aromatic N) is 3. The summed E-state index contributed by atoms with van der Waals surface area (Å²) in [6, 6.07) is 10.9. The van der Waals surface area contributed by atoms with Crippen molar-refractivity contribution in [3.8, 4) is 10.6 Å². The van der Waals surface area contributed by atoms with Crippen LogP contribution in [0.3, 0.4) is 0 Å². The molecular weight excluding hydrogens is 444 g/mol. The summed E-state index contributed by atoms with van der Waals surface area (Å²) >= 11 is 7.76. The number of thiazole rings is 1. The number of carbonyl (C=O) groups is 1. The number of aromatic amines is 1. The number of nitrogens with one attached hydrogen (secondary N) is 1. The molecule has 4 aromatic rings. The van der Waals surface area contributed by atoms with Crippen molar-refractivity contribution in [2.24, 2.45) is 0 Å². The third-order valence-electron chi connectivity index (χ3n) is 5.34. The molecule has 2 N–H and O–H groups in total. The van der Waals surface area contributed by atoms with Crippen molar-refractivity contribution in [2.75, 3.05) is 4.90 Å². The number of hydrogen-bond donors (Lipinski definition) is 2. The minimum absolute atomic E-state index is 0.112. The summed E-state index contributed by atoms with van der Waals surface area (Å²) in [5.74, 6) is -0.387. The van der Waals surface area contributed by atoms with E-state index in [9.17, 15) is 9.90 Å². The smallest absolute Gasteiger partial charge is 0.337 e. The van der Waals surface area contributed by atoms with Crippen LogP contribution in [0.5, 0.6) is 0 Å². The predicted octanol–water partition coefficient (Wildman–Crippen LogP) is 6.79. The number of halogens is 1. The second kappa shape index (κ2) is 9.14. The van der Waals surface area contributed by atoms with E-state index >= 15 is 0 Å². The van der Waals surface area contributed by atoms with Crippen molar-refractivity contribution in [1.82, 2.24) is 15.2 Å². The minimum atomic E-state index is -1.05. The van der Waals surface area contributed by atoms with Gasteiger partial charge in [-0.3, -0.25) is 10.00 Å². The van der Waals surface area contributed by atoms with E-state index in [0.717, 1.165) is 45.9 Å². The zero-order valence-electron chi connectivity index (χ0n) is 18.0. The molecule has 2 heterocycles. The first-order valence-corrected chi connectivity index (χ1v) is 11.6. The lowest BCUT2D eigenvalue weighted by Crippen LogP contribution is -2.16. The molecule has 8 heteroatoms. The van der Waals surface area contributed by atoms with Crippen LogP contribution in [0.25, 0.3) is 10.6 Å². The van der Waals surface area contributed by atoms with Gasteiger partial charge in [0, 0.05) is 22.0 Å². The number of aryl methyl sites for hydroxylation is 3. The van der Waals surface area contributed by atoms with Gasteiger partial charge in [0.1, 0.15) is 10.8 Å². The molecule has 2 aromatic carbocycles. The van der Waals surface area contributed by atoms with Gasteiger partial charge in [-0.1, -0.05) is 25.4 Å². The van der Waals surface area contributed by atoms with E-state index in [2.05, 4.69) is 41.6 Å².